The standard InChI is InChI=1S/C15H14Br2FNO/c1-9-4-12(16)5-11(7-19)15(9)20-8-10-2-3-13(18)6-14(10)17/h2-6H,7-8,19H2,1H3. The number of aryl methyl sites for hydroxylation is 1. The summed E-state index contributed by atoms with van der Waals surface area (Å²) in [5.41, 5.74) is 8.59. The van der Waals surface area contributed by atoms with Crippen molar-refractivity contribution in [1.29, 1.82) is 0 Å². The second kappa shape index (κ2) is 6.70. The Morgan fingerprint density at radius 3 is 2.55 bits per heavy atom. The molecule has 0 atom stereocenters. The van der Waals surface area contributed by atoms with Gasteiger partial charge in [0.05, 0.1) is 0 Å². The van der Waals surface area contributed by atoms with E-state index in [-0.39, 0.29) is 5.82 Å². The summed E-state index contributed by atoms with van der Waals surface area (Å²) in [5.74, 6) is 0.509. The lowest BCUT2D eigenvalue weighted by Gasteiger charge is -2.14. The van der Waals surface area contributed by atoms with E-state index in [4.69, 9.17) is 10.5 Å². The first-order valence-corrected chi connectivity index (χ1v) is 7.65. The minimum absolute atomic E-state index is 0.275. The van der Waals surface area contributed by atoms with Crippen molar-refractivity contribution in [1.82, 2.24) is 0 Å². The van der Waals surface area contributed by atoms with Crippen LogP contribution in [0.4, 0.5) is 4.39 Å². The van der Waals surface area contributed by atoms with Crippen molar-refractivity contribution in [2.75, 3.05) is 0 Å². The maximum absolute atomic E-state index is 13.0. The molecule has 0 unspecified atom stereocenters. The zero-order chi connectivity index (χ0) is 14.7. The van der Waals surface area contributed by atoms with E-state index in [1.54, 1.807) is 6.07 Å². The molecule has 20 heavy (non-hydrogen) atoms. The van der Waals surface area contributed by atoms with Crippen molar-refractivity contribution >= 4 is 31.9 Å². The maximum Gasteiger partial charge on any atom is 0.127 e. The van der Waals surface area contributed by atoms with E-state index in [2.05, 4.69) is 31.9 Å². The van der Waals surface area contributed by atoms with Crippen LogP contribution in [0.15, 0.2) is 39.3 Å². The van der Waals surface area contributed by atoms with Gasteiger partial charge in [0.1, 0.15) is 18.2 Å². The molecule has 2 rings (SSSR count). The number of hydrogen-bond donors (Lipinski definition) is 1. The predicted molar refractivity (Wildman–Crippen MR) is 85.2 cm³/mol. The van der Waals surface area contributed by atoms with Crippen LogP contribution in [0, 0.1) is 12.7 Å². The molecule has 2 aromatic carbocycles. The summed E-state index contributed by atoms with van der Waals surface area (Å²) in [4.78, 5) is 0. The second-order valence-corrected chi connectivity index (χ2v) is 6.21. The monoisotopic (exact) mass is 401 g/mol. The van der Waals surface area contributed by atoms with Gasteiger partial charge in [-0.1, -0.05) is 37.9 Å². The minimum Gasteiger partial charge on any atom is -0.488 e. The van der Waals surface area contributed by atoms with Gasteiger partial charge in [-0.15, -0.1) is 0 Å². The van der Waals surface area contributed by atoms with Crippen LogP contribution < -0.4 is 10.5 Å². The van der Waals surface area contributed by atoms with E-state index in [0.717, 1.165) is 26.9 Å². The lowest BCUT2D eigenvalue weighted by atomic mass is 10.1. The van der Waals surface area contributed by atoms with Gasteiger partial charge in [-0.05, 0) is 36.8 Å². The van der Waals surface area contributed by atoms with Crippen LogP contribution in [0.3, 0.4) is 0 Å². The SMILES string of the molecule is Cc1cc(Br)cc(CN)c1OCc1ccc(F)cc1Br. The van der Waals surface area contributed by atoms with Crippen LogP contribution in [0.2, 0.25) is 0 Å². The fourth-order valence-corrected chi connectivity index (χ4v) is 3.03. The molecule has 0 saturated carbocycles. The number of hydrogen-bond acceptors (Lipinski definition) is 2. The van der Waals surface area contributed by atoms with Crippen molar-refractivity contribution < 1.29 is 9.13 Å². The van der Waals surface area contributed by atoms with Crippen LogP contribution >= 0.6 is 31.9 Å². The molecule has 0 spiro atoms. The summed E-state index contributed by atoms with van der Waals surface area (Å²) in [6.07, 6.45) is 0. The van der Waals surface area contributed by atoms with Gasteiger partial charge in [-0.25, -0.2) is 4.39 Å². The average Bonchev–Trinajstić information content (AvgIpc) is 2.38. The zero-order valence-corrected chi connectivity index (χ0v) is 14.1. The summed E-state index contributed by atoms with van der Waals surface area (Å²) in [6.45, 7) is 2.73. The Balaban J connectivity index is 2.22. The van der Waals surface area contributed by atoms with Crippen molar-refractivity contribution in [2.24, 2.45) is 5.73 Å². The van der Waals surface area contributed by atoms with E-state index in [9.17, 15) is 4.39 Å². The van der Waals surface area contributed by atoms with Gasteiger partial charge in [0.2, 0.25) is 0 Å². The van der Waals surface area contributed by atoms with E-state index >= 15 is 0 Å². The van der Waals surface area contributed by atoms with E-state index in [0.29, 0.717) is 17.6 Å². The average molecular weight is 403 g/mol. The number of benzene rings is 2. The highest BCUT2D eigenvalue weighted by Gasteiger charge is 2.09. The smallest absolute Gasteiger partial charge is 0.127 e. The van der Waals surface area contributed by atoms with E-state index in [1.165, 1.54) is 12.1 Å². The summed E-state index contributed by atoms with van der Waals surface area (Å²) >= 11 is 6.78. The first kappa shape index (κ1) is 15.5. The Bertz CT molecular complexity index is 632. The molecule has 0 aliphatic carbocycles. The van der Waals surface area contributed by atoms with Crippen molar-refractivity contribution in [2.45, 2.75) is 20.1 Å². The highest BCUT2D eigenvalue weighted by molar-refractivity contribution is 9.10. The molecule has 0 aliphatic heterocycles. The first-order chi connectivity index (χ1) is 9.51. The van der Waals surface area contributed by atoms with Gasteiger partial charge in [0, 0.05) is 26.6 Å². The van der Waals surface area contributed by atoms with Crippen LogP contribution in [-0.2, 0) is 13.2 Å². The molecule has 0 bridgehead atoms. The van der Waals surface area contributed by atoms with Crippen molar-refractivity contribution in [3.8, 4) is 5.75 Å². The number of halogens is 3. The highest BCUT2D eigenvalue weighted by atomic mass is 79.9. The van der Waals surface area contributed by atoms with Crippen molar-refractivity contribution in [3.05, 3.63) is 61.8 Å². The zero-order valence-electron chi connectivity index (χ0n) is 10.9. The van der Waals surface area contributed by atoms with Gasteiger partial charge in [0.15, 0.2) is 0 Å². The summed E-state index contributed by atoms with van der Waals surface area (Å²) in [5, 5.41) is 0. The number of nitrogens with two attached hydrogens (primary N) is 1. The lowest BCUT2D eigenvalue weighted by Crippen LogP contribution is -2.05. The Kier molecular flexibility index (Phi) is 5.18. The van der Waals surface area contributed by atoms with Crippen LogP contribution in [0.25, 0.3) is 0 Å². The Morgan fingerprint density at radius 2 is 1.90 bits per heavy atom. The van der Waals surface area contributed by atoms with Crippen LogP contribution in [-0.4, -0.2) is 0 Å². The third kappa shape index (κ3) is 3.59. The van der Waals surface area contributed by atoms with Crippen LogP contribution in [0.5, 0.6) is 5.75 Å². The number of ether oxygens (including phenoxy) is 1. The molecule has 0 aliphatic rings. The van der Waals surface area contributed by atoms with Crippen molar-refractivity contribution in [3.63, 3.8) is 0 Å². The topological polar surface area (TPSA) is 35.2 Å². The molecule has 2 N–H and O–H groups in total. The highest BCUT2D eigenvalue weighted by Crippen LogP contribution is 2.29. The fourth-order valence-electron chi connectivity index (χ4n) is 1.95. The third-order valence-corrected chi connectivity index (χ3v) is 4.12. The van der Waals surface area contributed by atoms with Gasteiger partial charge in [0.25, 0.3) is 0 Å². The molecule has 0 aromatic heterocycles. The van der Waals surface area contributed by atoms with Crippen LogP contribution in [0.1, 0.15) is 16.7 Å². The number of rotatable bonds is 4. The maximum atomic E-state index is 13.0. The molecule has 2 aromatic rings. The fraction of sp³-hybridized carbons (Fsp3) is 0.200. The Labute approximate surface area is 134 Å². The molecule has 0 fully saturated rings. The summed E-state index contributed by atoms with van der Waals surface area (Å²) in [6, 6.07) is 8.48. The Hall–Kier alpha value is -0.910. The quantitative estimate of drug-likeness (QED) is 0.804. The molecule has 2 nitrogen and oxygen atoms in total. The lowest BCUT2D eigenvalue weighted by molar-refractivity contribution is 0.300. The van der Waals surface area contributed by atoms with Gasteiger partial charge < -0.3 is 10.5 Å². The normalized spacial score (nSPS) is 10.7. The molecule has 5 heteroatoms. The van der Waals surface area contributed by atoms with E-state index in [1.807, 2.05) is 19.1 Å². The second-order valence-electron chi connectivity index (χ2n) is 4.44. The molecular weight excluding hydrogens is 389 g/mol. The molecule has 0 amide bonds. The molecular formula is C15H14Br2FNO. The minimum atomic E-state index is -0.275. The third-order valence-electron chi connectivity index (χ3n) is 2.92. The van der Waals surface area contributed by atoms with E-state index < -0.39 is 0 Å². The predicted octanol–water partition coefficient (Wildman–Crippen LogP) is 4.70. The first-order valence-electron chi connectivity index (χ1n) is 6.07. The molecule has 106 valence electrons. The molecule has 0 radical (unpaired) electrons. The summed E-state index contributed by atoms with van der Waals surface area (Å²) < 4.78 is 20.6. The summed E-state index contributed by atoms with van der Waals surface area (Å²) in [7, 11) is 0. The molecule has 0 heterocycles. The Morgan fingerprint density at radius 1 is 1.15 bits per heavy atom. The van der Waals surface area contributed by atoms with Gasteiger partial charge >= 0.3 is 0 Å². The molecule has 0 saturated heterocycles. The van der Waals surface area contributed by atoms with Gasteiger partial charge in [-0.3, -0.25) is 0 Å². The van der Waals surface area contributed by atoms with Gasteiger partial charge in [-0.2, -0.15) is 0 Å². The largest absolute Gasteiger partial charge is 0.488 e.